The quantitative estimate of drug-likeness (QED) is 0.387. The first-order chi connectivity index (χ1) is 0. The minimum absolute atomic E-state index is 0. The van der Waals surface area contributed by atoms with Gasteiger partial charge in [0.25, 0.3) is 0 Å². The monoisotopic (exact) mass is 354 g/mol. The van der Waals surface area contributed by atoms with Crippen LogP contribution in [0, 0.1) is 0 Å². The molecule has 0 aliphatic heterocycles. The van der Waals surface area contributed by atoms with Gasteiger partial charge in [-0.1, -0.05) is 0 Å². The van der Waals surface area contributed by atoms with Crippen LogP contribution in [0.2, 0.25) is 0 Å². The molecule has 9 heteroatoms. The molecule has 0 fully saturated rings. The molecule has 0 aromatic carbocycles. The van der Waals surface area contributed by atoms with E-state index in [-0.39, 0.29) is 307 Å². The van der Waals surface area contributed by atoms with Gasteiger partial charge < -0.3 is 5.48 Å². The van der Waals surface area contributed by atoms with Crippen molar-refractivity contribution in [1.82, 2.24) is 0 Å². The van der Waals surface area contributed by atoms with Gasteiger partial charge in [-0.3, -0.25) is 0 Å². The van der Waals surface area contributed by atoms with Crippen LogP contribution in [0.3, 0.4) is 0 Å². The van der Waals surface area contributed by atoms with Gasteiger partial charge in [0, 0.05) is 0 Å². The van der Waals surface area contributed by atoms with Crippen molar-refractivity contribution in [2.75, 3.05) is 0 Å². The third-order valence-electron chi connectivity index (χ3n) is 0. The van der Waals surface area contributed by atoms with Gasteiger partial charge in [0.05, 0.1) is 0 Å². The summed E-state index contributed by atoms with van der Waals surface area (Å²) in [6.45, 7) is 0. The fourth-order valence-corrected chi connectivity index (χ4v) is 0. The molecule has 2 N–H and O–H groups in total. The molecule has 0 amide bonds. The van der Waals surface area contributed by atoms with Crippen LogP contribution in [-0.2, 0) is 0 Å². The average molecular weight is 355 g/mol. The molecule has 0 spiro atoms. The third kappa shape index (κ3) is 46.0. The molecule has 0 aromatic heterocycles. The molecule has 0 atom stereocenters. The molecule has 0 bridgehead atoms. The van der Waals surface area contributed by atoms with Crippen LogP contribution in [0.15, 0.2) is 0 Å². The summed E-state index contributed by atoms with van der Waals surface area (Å²) in [7, 11) is 0. The standard InChI is InChI=1S/8Ca.H2O.16H/h;;;;;;;;1H2;;;;;;;;;;;;;;;;. The first-order valence-electron chi connectivity index (χ1n) is 0. The summed E-state index contributed by atoms with van der Waals surface area (Å²) in [5.74, 6) is 0. The Morgan fingerprint density at radius 2 is 0.222 bits per heavy atom. The predicted molar refractivity (Wildman–Crippen MR) is 72.0 cm³/mol. The van der Waals surface area contributed by atoms with Crippen molar-refractivity contribution in [2.24, 2.45) is 0 Å². The van der Waals surface area contributed by atoms with Crippen molar-refractivity contribution < 1.29 is 5.48 Å². The molecule has 0 aromatic rings. The molecule has 0 aliphatic rings. The SMILES string of the molecule is O.[CaH2].[CaH2].[CaH2].[CaH2].[CaH2].[CaH2].[CaH2].[CaH2]. The Morgan fingerprint density at radius 1 is 0.222 bits per heavy atom. The average Bonchev–Trinajstić information content (AvgIpc) is 0. The van der Waals surface area contributed by atoms with E-state index in [0.717, 1.165) is 0 Å². The zero-order valence-electron chi connectivity index (χ0n) is 0.500. The van der Waals surface area contributed by atoms with Gasteiger partial charge in [0.1, 0.15) is 0 Å². The third-order valence-corrected chi connectivity index (χ3v) is 0. The topological polar surface area (TPSA) is 31.5 Å². The normalized spacial score (nSPS) is 0. The van der Waals surface area contributed by atoms with Crippen molar-refractivity contribution in [1.29, 1.82) is 0 Å². The van der Waals surface area contributed by atoms with E-state index < -0.39 is 0 Å². The zero-order chi connectivity index (χ0) is 0. The van der Waals surface area contributed by atoms with Crippen LogP contribution in [0.25, 0.3) is 0 Å². The second-order valence-corrected chi connectivity index (χ2v) is 0. The Labute approximate surface area is 296 Å². The molecule has 0 saturated carbocycles. The van der Waals surface area contributed by atoms with Gasteiger partial charge in [-0.05, 0) is 0 Å². The molecule has 1 nitrogen and oxygen atoms in total. The van der Waals surface area contributed by atoms with Gasteiger partial charge in [-0.15, -0.1) is 0 Å². The van der Waals surface area contributed by atoms with Crippen molar-refractivity contribution in [3.63, 3.8) is 0 Å². The van der Waals surface area contributed by atoms with E-state index in [1.165, 1.54) is 0 Å². The zero-order valence-corrected chi connectivity index (χ0v) is 0.500. The van der Waals surface area contributed by atoms with Crippen LogP contribution < -0.4 is 0 Å². The molecule has 0 aliphatic carbocycles. The summed E-state index contributed by atoms with van der Waals surface area (Å²) in [5.41, 5.74) is 0. The summed E-state index contributed by atoms with van der Waals surface area (Å²) in [6, 6.07) is 0. The number of hydrogen-bond donors (Lipinski definition) is 0. The van der Waals surface area contributed by atoms with Crippen molar-refractivity contribution >= 4 is 302 Å². The van der Waals surface area contributed by atoms with Crippen LogP contribution in [0.5, 0.6) is 0 Å². The van der Waals surface area contributed by atoms with Gasteiger partial charge in [0.15, 0.2) is 0 Å². The van der Waals surface area contributed by atoms with Crippen LogP contribution >= 0.6 is 0 Å². The van der Waals surface area contributed by atoms with Crippen molar-refractivity contribution in [3.05, 3.63) is 0 Å². The van der Waals surface area contributed by atoms with Gasteiger partial charge in [-0.25, -0.2) is 0 Å². The summed E-state index contributed by atoms with van der Waals surface area (Å²) >= 11 is 0. The first kappa shape index (κ1) is 61.5. The maximum absolute atomic E-state index is 0. The first-order valence-corrected chi connectivity index (χ1v) is 0. The Bertz CT molecular complexity index is 4.53. The van der Waals surface area contributed by atoms with E-state index in [4.69, 9.17) is 0 Å². The maximum atomic E-state index is 0. The molecular formula is H18Ca8O. The predicted octanol–water partition coefficient (Wildman–Crippen LogP) is -8.15. The Balaban J connectivity index is 0. The molecule has 9 heavy (non-hydrogen) atoms. The van der Waals surface area contributed by atoms with Crippen LogP contribution in [-0.4, -0.2) is 307 Å². The fraction of sp³-hybridized carbons (Fsp3) is 0. The Kier molecular flexibility index (Phi) is 355. The molecule has 0 heterocycles. The fourth-order valence-electron chi connectivity index (χ4n) is 0. The molecule has 0 radical (unpaired) electrons. The number of hydrogen-bond acceptors (Lipinski definition) is 0. The van der Waals surface area contributed by atoms with E-state index >= 15 is 0 Å². The van der Waals surface area contributed by atoms with Crippen molar-refractivity contribution in [3.8, 4) is 0 Å². The van der Waals surface area contributed by atoms with Crippen LogP contribution in [0.4, 0.5) is 0 Å². The molecule has 0 rings (SSSR count). The molecule has 0 saturated heterocycles. The second kappa shape index (κ2) is 52.0. The Hall–Kier alpha value is 10.0. The van der Waals surface area contributed by atoms with E-state index in [0.29, 0.717) is 0 Å². The summed E-state index contributed by atoms with van der Waals surface area (Å²) in [4.78, 5) is 0. The van der Waals surface area contributed by atoms with E-state index in [9.17, 15) is 0 Å². The van der Waals surface area contributed by atoms with Crippen molar-refractivity contribution in [2.45, 2.75) is 0 Å². The van der Waals surface area contributed by atoms with E-state index in [2.05, 4.69) is 0 Å². The Morgan fingerprint density at radius 3 is 0.222 bits per heavy atom. The number of rotatable bonds is 0. The van der Waals surface area contributed by atoms with Crippen LogP contribution in [0.1, 0.15) is 0 Å². The summed E-state index contributed by atoms with van der Waals surface area (Å²) in [5, 5.41) is 0. The summed E-state index contributed by atoms with van der Waals surface area (Å²) < 4.78 is 0. The summed E-state index contributed by atoms with van der Waals surface area (Å²) in [6.07, 6.45) is 0. The molecular weight excluding hydrogens is 337 g/mol. The molecule has 0 unspecified atom stereocenters. The second-order valence-electron chi connectivity index (χ2n) is 0. The van der Waals surface area contributed by atoms with Gasteiger partial charge in [0.2, 0.25) is 0 Å². The van der Waals surface area contributed by atoms with E-state index in [1.54, 1.807) is 0 Å². The van der Waals surface area contributed by atoms with Gasteiger partial charge >= 0.3 is 302 Å². The van der Waals surface area contributed by atoms with Gasteiger partial charge in [-0.2, -0.15) is 0 Å². The van der Waals surface area contributed by atoms with E-state index in [1.807, 2.05) is 0 Å². The minimum atomic E-state index is 0. The molecule has 40 valence electrons.